The van der Waals surface area contributed by atoms with Crippen molar-refractivity contribution in [2.45, 2.75) is 26.3 Å². The maximum Gasteiger partial charge on any atom is 0.270 e. The highest BCUT2D eigenvalue weighted by molar-refractivity contribution is 5.76. The summed E-state index contributed by atoms with van der Waals surface area (Å²) in [6.45, 7) is 6.01. The van der Waals surface area contributed by atoms with E-state index in [0.29, 0.717) is 0 Å². The molecule has 0 radical (unpaired) electrons. The molecule has 1 aromatic rings. The molecule has 0 bridgehead atoms. The first-order chi connectivity index (χ1) is 7.39. The standard InChI is InChI=1S/C12H14N2O2/c1-8-6-10(14(15)16)7-9-4-5-12(2,3)13-11(8)9/h4-7,13H,1-3H3. The van der Waals surface area contributed by atoms with Gasteiger partial charge < -0.3 is 5.32 Å². The van der Waals surface area contributed by atoms with Gasteiger partial charge in [0.2, 0.25) is 0 Å². The van der Waals surface area contributed by atoms with Gasteiger partial charge in [-0.3, -0.25) is 10.1 Å². The summed E-state index contributed by atoms with van der Waals surface area (Å²) >= 11 is 0. The maximum atomic E-state index is 10.7. The van der Waals surface area contributed by atoms with Gasteiger partial charge in [0.1, 0.15) is 0 Å². The second-order valence-corrected chi connectivity index (χ2v) is 4.66. The summed E-state index contributed by atoms with van der Waals surface area (Å²) in [6.07, 6.45) is 3.95. The average Bonchev–Trinajstić information content (AvgIpc) is 2.18. The molecule has 1 aromatic carbocycles. The first-order valence-corrected chi connectivity index (χ1v) is 5.15. The fourth-order valence-electron chi connectivity index (χ4n) is 1.86. The summed E-state index contributed by atoms with van der Waals surface area (Å²) in [6, 6.07) is 3.20. The number of rotatable bonds is 1. The maximum absolute atomic E-state index is 10.7. The van der Waals surface area contributed by atoms with Crippen molar-refractivity contribution in [1.29, 1.82) is 0 Å². The second-order valence-electron chi connectivity index (χ2n) is 4.66. The lowest BCUT2D eigenvalue weighted by atomic mass is 9.94. The Morgan fingerprint density at radius 2 is 2.06 bits per heavy atom. The van der Waals surface area contributed by atoms with Crippen LogP contribution in [0.3, 0.4) is 0 Å². The highest BCUT2D eigenvalue weighted by atomic mass is 16.6. The summed E-state index contributed by atoms with van der Waals surface area (Å²) in [5.41, 5.74) is 2.81. The van der Waals surface area contributed by atoms with Gasteiger partial charge in [-0.25, -0.2) is 0 Å². The van der Waals surface area contributed by atoms with E-state index in [2.05, 4.69) is 19.2 Å². The van der Waals surface area contributed by atoms with Crippen molar-refractivity contribution in [3.63, 3.8) is 0 Å². The molecular formula is C12H14N2O2. The summed E-state index contributed by atoms with van der Waals surface area (Å²) in [5, 5.41) is 14.1. The van der Waals surface area contributed by atoms with Crippen LogP contribution in [0.15, 0.2) is 18.2 Å². The Kier molecular flexibility index (Phi) is 2.22. The van der Waals surface area contributed by atoms with E-state index in [-0.39, 0.29) is 16.1 Å². The SMILES string of the molecule is Cc1cc([N+](=O)[O-])cc2c1NC(C)(C)C=C2. The van der Waals surface area contributed by atoms with Gasteiger partial charge in [-0.05, 0) is 26.3 Å². The topological polar surface area (TPSA) is 55.2 Å². The van der Waals surface area contributed by atoms with Gasteiger partial charge in [0.05, 0.1) is 10.5 Å². The molecule has 0 aromatic heterocycles. The average molecular weight is 218 g/mol. The van der Waals surface area contributed by atoms with Crippen molar-refractivity contribution in [2.24, 2.45) is 0 Å². The molecule has 1 aliphatic rings. The minimum atomic E-state index is -0.360. The van der Waals surface area contributed by atoms with Crippen molar-refractivity contribution in [3.05, 3.63) is 39.4 Å². The second kappa shape index (κ2) is 3.33. The third-order valence-corrected chi connectivity index (χ3v) is 2.69. The molecule has 16 heavy (non-hydrogen) atoms. The van der Waals surface area contributed by atoms with Crippen LogP contribution in [0.1, 0.15) is 25.0 Å². The van der Waals surface area contributed by atoms with Crippen LogP contribution in [0.25, 0.3) is 6.08 Å². The lowest BCUT2D eigenvalue weighted by Gasteiger charge is -2.30. The molecule has 1 heterocycles. The number of non-ortho nitro benzene ring substituents is 1. The van der Waals surface area contributed by atoms with E-state index in [4.69, 9.17) is 0 Å². The predicted octanol–water partition coefficient (Wildman–Crippen LogP) is 3.12. The fraction of sp³-hybridized carbons (Fsp3) is 0.333. The number of nitrogens with one attached hydrogen (secondary N) is 1. The molecule has 0 unspecified atom stereocenters. The van der Waals surface area contributed by atoms with Crippen molar-refractivity contribution in [1.82, 2.24) is 0 Å². The van der Waals surface area contributed by atoms with Crippen LogP contribution in [-0.2, 0) is 0 Å². The molecule has 84 valence electrons. The molecule has 2 rings (SSSR count). The van der Waals surface area contributed by atoms with Gasteiger partial charge >= 0.3 is 0 Å². The van der Waals surface area contributed by atoms with Gasteiger partial charge in [0.15, 0.2) is 0 Å². The molecule has 0 saturated carbocycles. The van der Waals surface area contributed by atoms with Crippen molar-refractivity contribution in [3.8, 4) is 0 Å². The van der Waals surface area contributed by atoms with Gasteiger partial charge in [-0.1, -0.05) is 12.2 Å². The van der Waals surface area contributed by atoms with Crippen molar-refractivity contribution >= 4 is 17.5 Å². The molecule has 4 nitrogen and oxygen atoms in total. The Hall–Kier alpha value is -1.84. The van der Waals surface area contributed by atoms with Gasteiger partial charge in [0.25, 0.3) is 5.69 Å². The minimum Gasteiger partial charge on any atom is -0.376 e. The van der Waals surface area contributed by atoms with E-state index in [1.807, 2.05) is 19.1 Å². The number of nitro benzene ring substituents is 1. The van der Waals surface area contributed by atoms with E-state index in [9.17, 15) is 10.1 Å². The van der Waals surface area contributed by atoms with Crippen molar-refractivity contribution < 1.29 is 4.92 Å². The van der Waals surface area contributed by atoms with E-state index >= 15 is 0 Å². The number of benzene rings is 1. The molecule has 0 fully saturated rings. The highest BCUT2D eigenvalue weighted by Crippen LogP contribution is 2.33. The molecule has 0 atom stereocenters. The zero-order valence-electron chi connectivity index (χ0n) is 9.57. The number of nitrogens with zero attached hydrogens (tertiary/aromatic N) is 1. The Morgan fingerprint density at radius 3 is 2.69 bits per heavy atom. The summed E-state index contributed by atoms with van der Waals surface area (Å²) in [4.78, 5) is 10.4. The Bertz CT molecular complexity index is 490. The first kappa shape index (κ1) is 10.7. The molecule has 1 N–H and O–H groups in total. The number of aryl methyl sites for hydroxylation is 1. The summed E-state index contributed by atoms with van der Waals surface area (Å²) < 4.78 is 0. The van der Waals surface area contributed by atoms with Gasteiger partial charge in [0, 0.05) is 23.4 Å². The molecule has 0 aliphatic carbocycles. The first-order valence-electron chi connectivity index (χ1n) is 5.15. The van der Waals surface area contributed by atoms with E-state index < -0.39 is 0 Å². The van der Waals surface area contributed by atoms with Crippen LogP contribution in [0, 0.1) is 17.0 Å². The third kappa shape index (κ3) is 1.78. The van der Waals surface area contributed by atoms with Crippen LogP contribution in [0.4, 0.5) is 11.4 Å². The number of fused-ring (bicyclic) bond motifs is 1. The zero-order valence-corrected chi connectivity index (χ0v) is 9.57. The van der Waals surface area contributed by atoms with E-state index in [1.54, 1.807) is 12.1 Å². The predicted molar refractivity (Wildman–Crippen MR) is 64.6 cm³/mol. The van der Waals surface area contributed by atoms with E-state index in [0.717, 1.165) is 16.8 Å². The molecule has 4 heteroatoms. The number of nitro groups is 1. The van der Waals surface area contributed by atoms with Crippen molar-refractivity contribution in [2.75, 3.05) is 5.32 Å². The molecule has 0 spiro atoms. The van der Waals surface area contributed by atoms with Crippen LogP contribution in [0.5, 0.6) is 0 Å². The number of anilines is 1. The highest BCUT2D eigenvalue weighted by Gasteiger charge is 2.22. The lowest BCUT2D eigenvalue weighted by Crippen LogP contribution is -2.30. The largest absolute Gasteiger partial charge is 0.376 e. The van der Waals surface area contributed by atoms with Crippen LogP contribution in [0.2, 0.25) is 0 Å². The summed E-state index contributed by atoms with van der Waals surface area (Å²) in [5.74, 6) is 0. The monoisotopic (exact) mass is 218 g/mol. The third-order valence-electron chi connectivity index (χ3n) is 2.69. The Morgan fingerprint density at radius 1 is 1.38 bits per heavy atom. The summed E-state index contributed by atoms with van der Waals surface area (Å²) in [7, 11) is 0. The molecule has 1 aliphatic heterocycles. The fourth-order valence-corrected chi connectivity index (χ4v) is 1.86. The number of hydrogen-bond acceptors (Lipinski definition) is 3. The molecule has 0 amide bonds. The quantitative estimate of drug-likeness (QED) is 0.582. The Balaban J connectivity index is 2.56. The zero-order chi connectivity index (χ0) is 11.9. The molecular weight excluding hydrogens is 204 g/mol. The van der Waals surface area contributed by atoms with Gasteiger partial charge in [-0.2, -0.15) is 0 Å². The van der Waals surface area contributed by atoms with Gasteiger partial charge in [-0.15, -0.1) is 0 Å². The Labute approximate surface area is 94.1 Å². The minimum absolute atomic E-state index is 0.103. The number of hydrogen-bond donors (Lipinski definition) is 1. The van der Waals surface area contributed by atoms with Crippen LogP contribution >= 0.6 is 0 Å². The molecule has 0 saturated heterocycles. The van der Waals surface area contributed by atoms with Crippen LogP contribution < -0.4 is 5.32 Å². The van der Waals surface area contributed by atoms with Crippen LogP contribution in [-0.4, -0.2) is 10.5 Å². The normalized spacial score (nSPS) is 16.4. The smallest absolute Gasteiger partial charge is 0.270 e. The lowest BCUT2D eigenvalue weighted by molar-refractivity contribution is -0.384. The van der Waals surface area contributed by atoms with E-state index in [1.165, 1.54) is 0 Å².